The summed E-state index contributed by atoms with van der Waals surface area (Å²) in [7, 11) is -7.33. The predicted octanol–water partition coefficient (Wildman–Crippen LogP) is 13.3. The van der Waals surface area contributed by atoms with Crippen molar-refractivity contribution in [1.82, 2.24) is 9.13 Å². The van der Waals surface area contributed by atoms with E-state index in [0.29, 0.717) is 0 Å². The number of nitro benzene ring substituents is 2. The summed E-state index contributed by atoms with van der Waals surface area (Å²) >= 11 is 0. The molecule has 68 heavy (non-hydrogen) atoms. The van der Waals surface area contributed by atoms with Crippen molar-refractivity contribution in [2.45, 2.75) is 87.3 Å². The molecule has 2 aromatic heterocycles. The number of nitrogens with zero attached hydrogens (tertiary/aromatic N) is 8. The Morgan fingerprint density at radius 1 is 0.515 bits per heavy atom. The van der Waals surface area contributed by atoms with Gasteiger partial charge in [0.25, 0.3) is 11.4 Å². The number of sulfone groups is 2. The van der Waals surface area contributed by atoms with Crippen molar-refractivity contribution in [2.75, 3.05) is 12.5 Å². The highest BCUT2D eigenvalue weighted by molar-refractivity contribution is 7.91. The first-order chi connectivity index (χ1) is 32.6. The average Bonchev–Trinajstić information content (AvgIpc) is 3.81. The quantitative estimate of drug-likeness (QED) is 0.0309. The third-order valence-electron chi connectivity index (χ3n) is 12.2. The lowest BCUT2D eigenvalue weighted by atomic mass is 10.1. The van der Waals surface area contributed by atoms with Gasteiger partial charge in [0.1, 0.15) is 6.17 Å². The Labute approximate surface area is 393 Å². The normalized spacial score (nSPS) is 12.9. The van der Waals surface area contributed by atoms with Crippen LogP contribution in [-0.2, 0) is 32.8 Å². The van der Waals surface area contributed by atoms with Gasteiger partial charge in [0, 0.05) is 46.2 Å². The van der Waals surface area contributed by atoms with Crippen LogP contribution < -0.4 is 0 Å². The predicted molar refractivity (Wildman–Crippen MR) is 265 cm³/mol. The summed E-state index contributed by atoms with van der Waals surface area (Å²) in [6.07, 6.45) is 10.7. The van der Waals surface area contributed by atoms with Gasteiger partial charge in [-0.3, -0.25) is 20.2 Å². The smallest absolute Gasteiger partial charge is 0.298 e. The zero-order valence-electron chi connectivity index (χ0n) is 37.9. The number of nitro groups is 2. The van der Waals surface area contributed by atoms with E-state index < -0.39 is 40.9 Å². The fourth-order valence-electron chi connectivity index (χ4n) is 8.91. The van der Waals surface area contributed by atoms with E-state index in [2.05, 4.69) is 85.0 Å². The molecule has 0 aliphatic rings. The molecular weight excluding hydrogens is 905 g/mol. The Morgan fingerprint density at radius 2 is 0.926 bits per heavy atom. The molecule has 16 nitrogen and oxygen atoms in total. The summed E-state index contributed by atoms with van der Waals surface area (Å²) in [5, 5.41) is 44.8. The lowest BCUT2D eigenvalue weighted by Gasteiger charge is -2.26. The van der Waals surface area contributed by atoms with Crippen LogP contribution in [0.4, 0.5) is 22.7 Å². The molecule has 0 aliphatic carbocycles. The van der Waals surface area contributed by atoms with Gasteiger partial charge in [-0.1, -0.05) is 94.0 Å². The Morgan fingerprint density at radius 3 is 1.35 bits per heavy atom. The SMILES string of the molecule is CCCCCCCCCC(n1c2ccccc2c2cc(CN=Nc3ccc(S(C)(=O)=O)cc3[N+](=O)[O-])ccc21)n1c2ccccc2c2cc(CN=Nc3ccc(S(C)(=O)=O)cc3[N+](=O)[O-])ccc21. The van der Waals surface area contributed by atoms with Gasteiger partial charge in [-0.25, -0.2) is 16.8 Å². The van der Waals surface area contributed by atoms with E-state index in [4.69, 9.17) is 0 Å². The summed E-state index contributed by atoms with van der Waals surface area (Å²) < 4.78 is 53.1. The highest BCUT2D eigenvalue weighted by atomic mass is 32.2. The number of aromatic nitrogens is 2. The van der Waals surface area contributed by atoms with Gasteiger partial charge in [-0.05, 0) is 84.6 Å². The molecule has 0 bridgehead atoms. The molecule has 2 heterocycles. The van der Waals surface area contributed by atoms with Gasteiger partial charge in [0.15, 0.2) is 31.0 Å². The summed E-state index contributed by atoms with van der Waals surface area (Å²) in [5.41, 5.74) is 4.85. The van der Waals surface area contributed by atoms with Crippen LogP contribution in [-0.4, -0.2) is 48.3 Å². The molecule has 0 spiro atoms. The van der Waals surface area contributed by atoms with Crippen LogP contribution in [0.15, 0.2) is 152 Å². The van der Waals surface area contributed by atoms with E-state index in [1.165, 1.54) is 49.9 Å². The minimum absolute atomic E-state index is 0.0407. The molecule has 8 aromatic rings. The molecule has 350 valence electrons. The van der Waals surface area contributed by atoms with Crippen molar-refractivity contribution in [3.8, 4) is 0 Å². The molecule has 0 saturated carbocycles. The van der Waals surface area contributed by atoms with E-state index in [1.54, 1.807) is 0 Å². The summed E-state index contributed by atoms with van der Waals surface area (Å²) in [5.74, 6) is 0. The maximum absolute atomic E-state index is 12.1. The van der Waals surface area contributed by atoms with Crippen molar-refractivity contribution < 1.29 is 26.7 Å². The number of unbranched alkanes of at least 4 members (excludes halogenated alkanes) is 6. The van der Waals surface area contributed by atoms with Crippen LogP contribution in [0.3, 0.4) is 0 Å². The molecule has 0 saturated heterocycles. The lowest BCUT2D eigenvalue weighted by Crippen LogP contribution is -2.18. The Balaban J connectivity index is 1.18. The van der Waals surface area contributed by atoms with Crippen molar-refractivity contribution in [1.29, 1.82) is 0 Å². The van der Waals surface area contributed by atoms with Gasteiger partial charge < -0.3 is 9.13 Å². The molecule has 8 rings (SSSR count). The maximum atomic E-state index is 12.1. The number of hydrogen-bond donors (Lipinski definition) is 0. The third-order valence-corrected chi connectivity index (χ3v) is 14.4. The average molecular weight is 955 g/mol. The minimum atomic E-state index is -3.67. The summed E-state index contributed by atoms with van der Waals surface area (Å²) in [4.78, 5) is 22.0. The highest BCUT2D eigenvalue weighted by Crippen LogP contribution is 2.41. The van der Waals surface area contributed by atoms with E-state index in [9.17, 15) is 37.1 Å². The highest BCUT2D eigenvalue weighted by Gasteiger charge is 2.25. The summed E-state index contributed by atoms with van der Waals surface area (Å²) in [6, 6.07) is 36.1. The Bertz CT molecular complexity index is 3300. The maximum Gasteiger partial charge on any atom is 0.298 e. The van der Waals surface area contributed by atoms with Crippen molar-refractivity contribution in [3.05, 3.63) is 153 Å². The van der Waals surface area contributed by atoms with Crippen molar-refractivity contribution in [2.24, 2.45) is 20.5 Å². The number of hydrogen-bond acceptors (Lipinski definition) is 12. The number of para-hydroxylation sites is 2. The first-order valence-electron chi connectivity index (χ1n) is 22.4. The molecule has 0 aliphatic heterocycles. The molecule has 18 heteroatoms. The standard InChI is InChI=1S/C50H50N8O8S2/c1-4-5-6-7-8-9-10-19-50(55-44-17-13-11-15-38(44)40-28-34(20-26-46(40)55)32-51-53-42-24-22-36(67(2,63)64)30-48(42)57(59)60)56-45-18-14-12-16-39(45)41-29-35(21-27-47(41)56)33-52-54-43-25-23-37(68(3,65)66)31-49(43)58(61)62/h11-18,20-31,50H,4-10,19,32-33H2,1-3H3. The zero-order valence-corrected chi connectivity index (χ0v) is 39.5. The first-order valence-corrected chi connectivity index (χ1v) is 26.2. The first kappa shape index (κ1) is 47.3. The topological polar surface area (TPSA) is 214 Å². The van der Waals surface area contributed by atoms with Gasteiger partial charge in [0.2, 0.25) is 0 Å². The fraction of sp³-hybridized carbons (Fsp3) is 0.280. The molecule has 0 unspecified atom stereocenters. The number of benzene rings is 6. The Hall–Kier alpha value is -7.18. The number of rotatable bonds is 20. The lowest BCUT2D eigenvalue weighted by molar-refractivity contribution is -0.384. The van der Waals surface area contributed by atoms with Crippen LogP contribution in [0.1, 0.15) is 75.6 Å². The monoisotopic (exact) mass is 954 g/mol. The van der Waals surface area contributed by atoms with E-state index in [-0.39, 0.29) is 40.4 Å². The van der Waals surface area contributed by atoms with E-state index in [0.717, 1.165) is 105 Å². The molecular formula is C50H50N8O8S2. The fourth-order valence-corrected chi connectivity index (χ4v) is 10.2. The molecule has 6 aromatic carbocycles. The van der Waals surface area contributed by atoms with Gasteiger partial charge >= 0.3 is 0 Å². The molecule has 0 atom stereocenters. The van der Waals surface area contributed by atoms with Crippen LogP contribution in [0.2, 0.25) is 0 Å². The molecule has 0 fully saturated rings. The second kappa shape index (κ2) is 20.0. The Kier molecular flexibility index (Phi) is 13.9. The molecule has 0 N–H and O–H groups in total. The van der Waals surface area contributed by atoms with Crippen LogP contribution in [0.25, 0.3) is 43.6 Å². The van der Waals surface area contributed by atoms with Crippen LogP contribution in [0.5, 0.6) is 0 Å². The zero-order chi connectivity index (χ0) is 48.2. The second-order valence-corrected chi connectivity index (χ2v) is 21.1. The molecule has 0 amide bonds. The van der Waals surface area contributed by atoms with E-state index in [1.807, 2.05) is 36.4 Å². The summed E-state index contributed by atoms with van der Waals surface area (Å²) in [6.45, 7) is 2.48. The number of azo groups is 2. The largest absolute Gasteiger partial charge is 0.319 e. The molecule has 0 radical (unpaired) electrons. The van der Waals surface area contributed by atoms with Crippen LogP contribution in [0, 0.1) is 20.2 Å². The van der Waals surface area contributed by atoms with Gasteiger partial charge in [0.05, 0.1) is 54.8 Å². The van der Waals surface area contributed by atoms with Crippen molar-refractivity contribution in [3.63, 3.8) is 0 Å². The third kappa shape index (κ3) is 10.1. The van der Waals surface area contributed by atoms with Crippen molar-refractivity contribution >= 4 is 86.0 Å². The van der Waals surface area contributed by atoms with Gasteiger partial charge in [-0.2, -0.15) is 10.2 Å². The second-order valence-electron chi connectivity index (χ2n) is 17.0. The van der Waals surface area contributed by atoms with E-state index >= 15 is 0 Å². The van der Waals surface area contributed by atoms with Crippen LogP contribution >= 0.6 is 0 Å². The number of fused-ring (bicyclic) bond motifs is 6. The van der Waals surface area contributed by atoms with Gasteiger partial charge in [-0.15, -0.1) is 10.2 Å². The minimum Gasteiger partial charge on any atom is -0.319 e.